The largest absolute Gasteiger partial charge is 0.398 e. The van der Waals surface area contributed by atoms with Crippen molar-refractivity contribution in [2.45, 2.75) is 24.8 Å². The summed E-state index contributed by atoms with van der Waals surface area (Å²) in [6, 6.07) is 2.93. The molecule has 0 heterocycles. The number of nitrogens with two attached hydrogens (primary N) is 1. The first-order valence-corrected chi connectivity index (χ1v) is 7.44. The number of sulfonamides is 1. The number of hydrogen-bond acceptors (Lipinski definition) is 6. The van der Waals surface area contributed by atoms with Crippen molar-refractivity contribution < 1.29 is 18.1 Å². The highest BCUT2D eigenvalue weighted by Gasteiger charge is 2.21. The van der Waals surface area contributed by atoms with Crippen molar-refractivity contribution in [2.75, 3.05) is 12.3 Å². The molecule has 10 heteroatoms. The van der Waals surface area contributed by atoms with Crippen LogP contribution < -0.4 is 15.8 Å². The summed E-state index contributed by atoms with van der Waals surface area (Å²) in [6.45, 7) is 2.97. The van der Waals surface area contributed by atoms with Gasteiger partial charge in [0.2, 0.25) is 15.9 Å². The average Bonchev–Trinajstić information content (AvgIpc) is 2.35. The number of nitrogens with one attached hydrogen (secondary N) is 2. The standard InChI is InChI=1S/C11H16N4O5S/c1-7(2)14-11(16)6-13-21(19,20)10-5-8(15(17)18)3-4-9(10)12/h3-5,7,13H,6,12H2,1-2H3,(H,14,16). The van der Waals surface area contributed by atoms with Gasteiger partial charge in [0.25, 0.3) is 5.69 Å². The van der Waals surface area contributed by atoms with E-state index < -0.39 is 38.0 Å². The topological polar surface area (TPSA) is 144 Å². The Labute approximate surface area is 121 Å². The second kappa shape index (κ2) is 6.50. The molecule has 9 nitrogen and oxygen atoms in total. The summed E-state index contributed by atoms with van der Waals surface area (Å²) in [5.41, 5.74) is 4.97. The fourth-order valence-corrected chi connectivity index (χ4v) is 2.61. The summed E-state index contributed by atoms with van der Waals surface area (Å²) in [5.74, 6) is -0.516. The smallest absolute Gasteiger partial charge is 0.270 e. The number of carbonyl (C=O) groups is 1. The molecule has 0 fully saturated rings. The number of nitro groups is 1. The van der Waals surface area contributed by atoms with E-state index in [-0.39, 0.29) is 11.7 Å². The fraction of sp³-hybridized carbons (Fsp3) is 0.364. The number of benzene rings is 1. The second-order valence-electron chi connectivity index (χ2n) is 4.53. The molecule has 0 aliphatic rings. The highest BCUT2D eigenvalue weighted by molar-refractivity contribution is 7.89. The number of hydrogen-bond donors (Lipinski definition) is 3. The van der Waals surface area contributed by atoms with Crippen LogP contribution in [0.4, 0.5) is 11.4 Å². The van der Waals surface area contributed by atoms with Gasteiger partial charge in [-0.05, 0) is 19.9 Å². The van der Waals surface area contributed by atoms with Gasteiger partial charge in [0.05, 0.1) is 17.2 Å². The lowest BCUT2D eigenvalue weighted by Gasteiger charge is -2.11. The van der Waals surface area contributed by atoms with E-state index in [1.165, 1.54) is 0 Å². The van der Waals surface area contributed by atoms with Gasteiger partial charge >= 0.3 is 0 Å². The van der Waals surface area contributed by atoms with Gasteiger partial charge in [-0.3, -0.25) is 14.9 Å². The molecule has 1 aromatic carbocycles. The van der Waals surface area contributed by atoms with Gasteiger partial charge in [-0.25, -0.2) is 13.1 Å². The van der Waals surface area contributed by atoms with Gasteiger partial charge in [-0.1, -0.05) is 0 Å². The number of nitro benzene ring substituents is 1. The summed E-state index contributed by atoms with van der Waals surface area (Å²) in [7, 11) is -4.12. The molecule has 1 aromatic rings. The van der Waals surface area contributed by atoms with Crippen LogP contribution in [0.15, 0.2) is 23.1 Å². The predicted octanol–water partition coefficient (Wildman–Crippen LogP) is -0.0201. The van der Waals surface area contributed by atoms with E-state index in [0.717, 1.165) is 18.2 Å². The number of nitrogen functional groups attached to an aromatic ring is 1. The maximum absolute atomic E-state index is 12.0. The Morgan fingerprint density at radius 1 is 1.43 bits per heavy atom. The SMILES string of the molecule is CC(C)NC(=O)CNS(=O)(=O)c1cc([N+](=O)[O-])ccc1N. The van der Waals surface area contributed by atoms with E-state index in [2.05, 4.69) is 5.32 Å². The zero-order valence-corrected chi connectivity index (χ0v) is 12.3. The summed E-state index contributed by atoms with van der Waals surface area (Å²) in [6.07, 6.45) is 0. The van der Waals surface area contributed by atoms with Crippen molar-refractivity contribution in [3.8, 4) is 0 Å². The normalized spacial score (nSPS) is 11.4. The van der Waals surface area contributed by atoms with E-state index in [1.807, 2.05) is 4.72 Å². The fourth-order valence-electron chi connectivity index (χ4n) is 1.48. The minimum atomic E-state index is -4.12. The van der Waals surface area contributed by atoms with Crippen molar-refractivity contribution >= 4 is 27.3 Å². The van der Waals surface area contributed by atoms with Crippen LogP contribution in [-0.4, -0.2) is 31.8 Å². The molecular formula is C11H16N4O5S. The van der Waals surface area contributed by atoms with Crippen molar-refractivity contribution in [1.29, 1.82) is 0 Å². The van der Waals surface area contributed by atoms with Crippen LogP contribution in [-0.2, 0) is 14.8 Å². The molecule has 116 valence electrons. The number of anilines is 1. The van der Waals surface area contributed by atoms with Gasteiger partial charge < -0.3 is 11.1 Å². The highest BCUT2D eigenvalue weighted by Crippen LogP contribution is 2.23. The zero-order chi connectivity index (χ0) is 16.2. The molecule has 0 unspecified atom stereocenters. The maximum Gasteiger partial charge on any atom is 0.270 e. The van der Waals surface area contributed by atoms with Crippen molar-refractivity contribution in [3.05, 3.63) is 28.3 Å². The van der Waals surface area contributed by atoms with E-state index >= 15 is 0 Å². The van der Waals surface area contributed by atoms with Crippen LogP contribution in [0.5, 0.6) is 0 Å². The molecule has 0 saturated carbocycles. The molecule has 0 aromatic heterocycles. The molecule has 0 spiro atoms. The van der Waals surface area contributed by atoms with Crippen molar-refractivity contribution in [2.24, 2.45) is 0 Å². The molecule has 4 N–H and O–H groups in total. The Hall–Kier alpha value is -2.20. The quantitative estimate of drug-likeness (QED) is 0.382. The number of nitrogens with zero attached hydrogens (tertiary/aromatic N) is 1. The molecule has 0 aliphatic carbocycles. The third-order valence-corrected chi connectivity index (χ3v) is 3.83. The lowest BCUT2D eigenvalue weighted by molar-refractivity contribution is -0.385. The predicted molar refractivity (Wildman–Crippen MR) is 76.0 cm³/mol. The van der Waals surface area contributed by atoms with Gasteiger partial charge in [0, 0.05) is 18.2 Å². The van der Waals surface area contributed by atoms with E-state index in [4.69, 9.17) is 5.73 Å². The number of non-ortho nitro benzene ring substituents is 1. The second-order valence-corrected chi connectivity index (χ2v) is 6.26. The number of amides is 1. The zero-order valence-electron chi connectivity index (χ0n) is 11.5. The summed E-state index contributed by atoms with van der Waals surface area (Å²) in [4.78, 5) is 20.9. The van der Waals surface area contributed by atoms with Crippen LogP contribution in [0.2, 0.25) is 0 Å². The highest BCUT2D eigenvalue weighted by atomic mass is 32.2. The molecule has 1 amide bonds. The first kappa shape index (κ1) is 16.9. The monoisotopic (exact) mass is 316 g/mol. The molecule has 1 rings (SSSR count). The summed E-state index contributed by atoms with van der Waals surface area (Å²) in [5, 5.41) is 13.2. The summed E-state index contributed by atoms with van der Waals surface area (Å²) < 4.78 is 26.1. The first-order chi connectivity index (χ1) is 9.63. The van der Waals surface area contributed by atoms with Crippen LogP contribution >= 0.6 is 0 Å². The average molecular weight is 316 g/mol. The maximum atomic E-state index is 12.0. The molecule has 21 heavy (non-hydrogen) atoms. The lowest BCUT2D eigenvalue weighted by atomic mass is 10.3. The first-order valence-electron chi connectivity index (χ1n) is 5.96. The number of rotatable bonds is 6. The van der Waals surface area contributed by atoms with Gasteiger partial charge in [0.15, 0.2) is 0 Å². The molecule has 0 bridgehead atoms. The Morgan fingerprint density at radius 3 is 2.57 bits per heavy atom. The van der Waals surface area contributed by atoms with Crippen molar-refractivity contribution in [1.82, 2.24) is 10.0 Å². The Morgan fingerprint density at radius 2 is 2.05 bits per heavy atom. The van der Waals surface area contributed by atoms with Gasteiger partial charge in [-0.15, -0.1) is 0 Å². The third-order valence-electron chi connectivity index (χ3n) is 2.37. The van der Waals surface area contributed by atoms with Crippen LogP contribution in [0, 0.1) is 10.1 Å². The molecule has 0 aliphatic heterocycles. The minimum absolute atomic E-state index is 0.134. The number of carbonyl (C=O) groups excluding carboxylic acids is 1. The molecule has 0 saturated heterocycles. The summed E-state index contributed by atoms with van der Waals surface area (Å²) >= 11 is 0. The van der Waals surface area contributed by atoms with Crippen molar-refractivity contribution in [3.63, 3.8) is 0 Å². The van der Waals surface area contributed by atoms with Crippen LogP contribution in [0.3, 0.4) is 0 Å². The molecule has 0 radical (unpaired) electrons. The molecule has 0 atom stereocenters. The van der Waals surface area contributed by atoms with E-state index in [9.17, 15) is 23.3 Å². The Bertz CT molecular complexity index is 657. The third kappa shape index (κ3) is 4.68. The Balaban J connectivity index is 2.95. The van der Waals surface area contributed by atoms with Crippen LogP contribution in [0.1, 0.15) is 13.8 Å². The Kier molecular flexibility index (Phi) is 5.22. The van der Waals surface area contributed by atoms with Gasteiger partial charge in [0.1, 0.15) is 4.90 Å². The molecular weight excluding hydrogens is 300 g/mol. The van der Waals surface area contributed by atoms with Gasteiger partial charge in [-0.2, -0.15) is 0 Å². The van der Waals surface area contributed by atoms with E-state index in [0.29, 0.717) is 0 Å². The van der Waals surface area contributed by atoms with E-state index in [1.54, 1.807) is 13.8 Å². The lowest BCUT2D eigenvalue weighted by Crippen LogP contribution is -2.39. The van der Waals surface area contributed by atoms with Crippen LogP contribution in [0.25, 0.3) is 0 Å². The minimum Gasteiger partial charge on any atom is -0.398 e.